The highest BCUT2D eigenvalue weighted by atomic mass is 32.2. The lowest BCUT2D eigenvalue weighted by molar-refractivity contribution is 0.102. The van der Waals surface area contributed by atoms with Crippen molar-refractivity contribution in [2.75, 3.05) is 5.75 Å². The topological polar surface area (TPSA) is 34.9 Å². The zero-order valence-electron chi connectivity index (χ0n) is 12.0. The van der Waals surface area contributed by atoms with E-state index in [0.29, 0.717) is 0 Å². The predicted octanol–water partition coefficient (Wildman–Crippen LogP) is 3.95. The van der Waals surface area contributed by atoms with Crippen LogP contribution in [0.15, 0.2) is 10.4 Å². The molecule has 3 nitrogen and oxygen atoms in total. The number of rotatable bonds is 4. The van der Waals surface area contributed by atoms with Gasteiger partial charge in [-0.05, 0) is 43.1 Å². The largest absolute Gasteiger partial charge is 0.294 e. The molecule has 1 aliphatic carbocycles. The molecule has 0 unspecified atom stereocenters. The van der Waals surface area contributed by atoms with E-state index in [2.05, 4.69) is 12.0 Å². The number of aromatic nitrogens is 2. The number of Topliss-reactive ketones (excluding diaryl/α,β-unsaturated/α-hetero) is 1. The quantitative estimate of drug-likeness (QED) is 0.633. The van der Waals surface area contributed by atoms with Gasteiger partial charge in [0.2, 0.25) is 0 Å². The number of carbonyl (C=O) groups is 1. The fourth-order valence-electron chi connectivity index (χ4n) is 2.75. The molecule has 106 valence electrons. The Kier molecular flexibility index (Phi) is 3.73. The number of ketones is 1. The highest BCUT2D eigenvalue weighted by Gasteiger charge is 2.29. The molecule has 2 aromatic rings. The molecule has 0 N–H and O–H groups in total. The van der Waals surface area contributed by atoms with E-state index >= 15 is 0 Å². The van der Waals surface area contributed by atoms with Gasteiger partial charge in [0.05, 0.1) is 21.0 Å². The Morgan fingerprint density at radius 1 is 1.50 bits per heavy atom. The molecule has 2 heterocycles. The zero-order valence-corrected chi connectivity index (χ0v) is 13.7. The maximum atomic E-state index is 11.9. The molecular weight excluding hydrogens is 288 g/mol. The molecule has 0 fully saturated rings. The second kappa shape index (κ2) is 5.37. The van der Waals surface area contributed by atoms with Crippen LogP contribution in [0.3, 0.4) is 0 Å². The summed E-state index contributed by atoms with van der Waals surface area (Å²) in [5.74, 6) is 1.29. The van der Waals surface area contributed by atoms with E-state index in [4.69, 9.17) is 0 Å². The van der Waals surface area contributed by atoms with Crippen LogP contribution < -0.4 is 0 Å². The fraction of sp³-hybridized carbons (Fsp3) is 0.467. The van der Waals surface area contributed by atoms with Gasteiger partial charge >= 0.3 is 0 Å². The van der Waals surface area contributed by atoms with E-state index in [1.54, 1.807) is 18.3 Å². The van der Waals surface area contributed by atoms with Gasteiger partial charge in [-0.25, -0.2) is 0 Å². The minimum Gasteiger partial charge on any atom is -0.294 e. The smallest absolute Gasteiger partial charge is 0.170 e. The lowest BCUT2D eigenvalue weighted by atomic mass is 9.91. The molecule has 0 radical (unpaired) electrons. The predicted molar refractivity (Wildman–Crippen MR) is 84.9 cm³/mol. The van der Waals surface area contributed by atoms with Crippen molar-refractivity contribution in [1.29, 1.82) is 0 Å². The van der Waals surface area contributed by atoms with Crippen molar-refractivity contribution in [3.05, 3.63) is 22.2 Å². The van der Waals surface area contributed by atoms with Gasteiger partial charge in [0, 0.05) is 12.6 Å². The summed E-state index contributed by atoms with van der Waals surface area (Å²) in [6, 6.07) is 0. The first kappa shape index (κ1) is 13.9. The number of aryl methyl sites for hydroxylation is 2. The Morgan fingerprint density at radius 3 is 3.00 bits per heavy atom. The molecule has 0 aliphatic heterocycles. The number of fused-ring (bicyclic) bond motifs is 3. The van der Waals surface area contributed by atoms with E-state index < -0.39 is 0 Å². The van der Waals surface area contributed by atoms with Crippen LogP contribution in [0.25, 0.3) is 11.3 Å². The second-order valence-corrected chi connectivity index (χ2v) is 7.50. The van der Waals surface area contributed by atoms with Crippen LogP contribution in [-0.4, -0.2) is 21.3 Å². The number of carbonyl (C=O) groups excluding carboxylic acids is 1. The Balaban J connectivity index is 2.19. The Morgan fingerprint density at radius 2 is 2.30 bits per heavy atom. The Labute approximate surface area is 127 Å². The van der Waals surface area contributed by atoms with Crippen LogP contribution >= 0.6 is 23.1 Å². The summed E-state index contributed by atoms with van der Waals surface area (Å²) < 4.78 is 3.25. The molecular formula is C15H18N2OS2. The second-order valence-electron chi connectivity index (χ2n) is 5.12. The summed E-state index contributed by atoms with van der Waals surface area (Å²) in [6.45, 7) is 3.87. The Hall–Kier alpha value is -1.07. The lowest BCUT2D eigenvalue weighted by Gasteiger charge is -2.16. The lowest BCUT2D eigenvalue weighted by Crippen LogP contribution is -2.07. The standard InChI is InChI=1S/C15H18N2OS2/c1-4-7-19-15-12-11(14(20-15)9(2)18)6-5-10-8-16-17(3)13(10)12/h8H,4-7H2,1-3H3. The van der Waals surface area contributed by atoms with Crippen molar-refractivity contribution < 1.29 is 4.79 Å². The maximum Gasteiger partial charge on any atom is 0.170 e. The van der Waals surface area contributed by atoms with Crippen LogP contribution in [-0.2, 0) is 19.9 Å². The molecule has 20 heavy (non-hydrogen) atoms. The zero-order chi connectivity index (χ0) is 14.3. The molecule has 0 saturated heterocycles. The van der Waals surface area contributed by atoms with Crippen LogP contribution in [0, 0.1) is 0 Å². The summed E-state index contributed by atoms with van der Waals surface area (Å²) >= 11 is 3.55. The number of thiophene rings is 1. The van der Waals surface area contributed by atoms with Gasteiger partial charge < -0.3 is 0 Å². The van der Waals surface area contributed by atoms with Gasteiger partial charge in [0.1, 0.15) is 0 Å². The molecule has 0 aromatic carbocycles. The maximum absolute atomic E-state index is 11.9. The van der Waals surface area contributed by atoms with Crippen LogP contribution in [0.2, 0.25) is 0 Å². The molecule has 5 heteroatoms. The van der Waals surface area contributed by atoms with E-state index in [0.717, 1.165) is 29.9 Å². The monoisotopic (exact) mass is 306 g/mol. The molecule has 0 atom stereocenters. The average Bonchev–Trinajstić information content (AvgIpc) is 2.97. The van der Waals surface area contributed by atoms with Crippen molar-refractivity contribution in [3.63, 3.8) is 0 Å². The van der Waals surface area contributed by atoms with E-state index in [9.17, 15) is 4.79 Å². The van der Waals surface area contributed by atoms with Crippen molar-refractivity contribution in [1.82, 2.24) is 9.78 Å². The third-order valence-corrected chi connectivity index (χ3v) is 6.44. The third-order valence-electron chi connectivity index (χ3n) is 3.63. The summed E-state index contributed by atoms with van der Waals surface area (Å²) in [5, 5.41) is 4.40. The van der Waals surface area contributed by atoms with Crippen molar-refractivity contribution >= 4 is 28.9 Å². The molecule has 0 amide bonds. The molecule has 2 aromatic heterocycles. The first-order valence-corrected chi connectivity index (χ1v) is 8.74. The molecule has 1 aliphatic rings. The highest BCUT2D eigenvalue weighted by molar-refractivity contribution is 8.01. The van der Waals surface area contributed by atoms with Crippen molar-refractivity contribution in [2.24, 2.45) is 7.05 Å². The molecule has 3 rings (SSSR count). The minimum absolute atomic E-state index is 0.195. The molecule has 0 bridgehead atoms. The number of hydrogen-bond acceptors (Lipinski definition) is 4. The third kappa shape index (κ3) is 2.13. The molecule has 0 spiro atoms. The Bertz CT molecular complexity index is 670. The van der Waals surface area contributed by atoms with E-state index in [1.807, 2.05) is 29.7 Å². The molecule has 0 saturated carbocycles. The number of thioether (sulfide) groups is 1. The van der Waals surface area contributed by atoms with E-state index in [-0.39, 0.29) is 5.78 Å². The highest BCUT2D eigenvalue weighted by Crippen LogP contribution is 2.46. The van der Waals surface area contributed by atoms with Gasteiger partial charge in [-0.3, -0.25) is 9.48 Å². The summed E-state index contributed by atoms with van der Waals surface area (Å²) in [6.07, 6.45) is 5.07. The first-order valence-electron chi connectivity index (χ1n) is 6.94. The van der Waals surface area contributed by atoms with Gasteiger partial charge in [0.25, 0.3) is 0 Å². The number of nitrogens with zero attached hydrogens (tertiary/aromatic N) is 2. The van der Waals surface area contributed by atoms with Crippen molar-refractivity contribution in [2.45, 2.75) is 37.3 Å². The first-order chi connectivity index (χ1) is 9.63. The average molecular weight is 306 g/mol. The SMILES string of the molecule is CCCSc1sc(C(C)=O)c2c1-c1c(cnn1C)CC2. The summed E-state index contributed by atoms with van der Waals surface area (Å²) in [5.41, 5.74) is 5.05. The normalized spacial score (nSPS) is 13.2. The summed E-state index contributed by atoms with van der Waals surface area (Å²) in [7, 11) is 1.99. The van der Waals surface area contributed by atoms with Crippen LogP contribution in [0.5, 0.6) is 0 Å². The van der Waals surface area contributed by atoms with Crippen LogP contribution in [0.1, 0.15) is 41.1 Å². The van der Waals surface area contributed by atoms with Gasteiger partial charge in [-0.2, -0.15) is 5.10 Å². The van der Waals surface area contributed by atoms with Crippen molar-refractivity contribution in [3.8, 4) is 11.3 Å². The van der Waals surface area contributed by atoms with E-state index in [1.165, 1.54) is 26.6 Å². The van der Waals surface area contributed by atoms with Gasteiger partial charge in [-0.1, -0.05) is 6.92 Å². The summed E-state index contributed by atoms with van der Waals surface area (Å²) in [4.78, 5) is 12.9. The van der Waals surface area contributed by atoms with Crippen LogP contribution in [0.4, 0.5) is 0 Å². The van der Waals surface area contributed by atoms with Gasteiger partial charge in [0.15, 0.2) is 5.78 Å². The minimum atomic E-state index is 0.195. The number of hydrogen-bond donors (Lipinski definition) is 0. The fourth-order valence-corrected chi connectivity index (χ4v) is 5.22. The van der Waals surface area contributed by atoms with Gasteiger partial charge in [-0.15, -0.1) is 23.1 Å².